The van der Waals surface area contributed by atoms with Crippen LogP contribution in [0.3, 0.4) is 0 Å². The van der Waals surface area contributed by atoms with Gasteiger partial charge in [0.1, 0.15) is 0 Å². The Kier molecular flexibility index (Phi) is 5.40. The molecule has 3 aromatic rings. The van der Waals surface area contributed by atoms with Gasteiger partial charge in [0.2, 0.25) is 0 Å². The number of anilines is 1. The van der Waals surface area contributed by atoms with Gasteiger partial charge in [0.15, 0.2) is 5.78 Å². The largest absolute Gasteiger partial charge is 0.334 e. The van der Waals surface area contributed by atoms with Crippen LogP contribution in [0.2, 0.25) is 5.02 Å². The third kappa shape index (κ3) is 4.19. The van der Waals surface area contributed by atoms with Gasteiger partial charge in [-0.3, -0.25) is 9.78 Å². The monoisotopic (exact) mass is 408 g/mol. The number of Topliss-reactive ketones (excluding diaryl/α,β-unsaturated/α-hetero) is 1. The SMILES string of the molecule is CC1=C(c2ccc(CC(=O)c3ccccc3Cl)nc2)CN(c2nnn(C)n2)CC1. The number of ketones is 1. The quantitative estimate of drug-likeness (QED) is 0.602. The fourth-order valence-corrected chi connectivity index (χ4v) is 3.66. The number of nitrogens with zero attached hydrogens (tertiary/aromatic N) is 6. The predicted molar refractivity (Wildman–Crippen MR) is 112 cm³/mol. The molecule has 0 N–H and O–H groups in total. The first kappa shape index (κ1) is 19.3. The molecule has 4 rings (SSSR count). The number of tetrazole rings is 1. The molecular formula is C21H21ClN6O. The highest BCUT2D eigenvalue weighted by Gasteiger charge is 2.21. The highest BCUT2D eigenvalue weighted by Crippen LogP contribution is 2.28. The number of aromatic nitrogens is 5. The van der Waals surface area contributed by atoms with Gasteiger partial charge >= 0.3 is 0 Å². The summed E-state index contributed by atoms with van der Waals surface area (Å²) in [6.07, 6.45) is 2.99. The normalized spacial score (nSPS) is 14.4. The van der Waals surface area contributed by atoms with Crippen molar-refractivity contribution in [2.45, 2.75) is 19.8 Å². The molecule has 1 aromatic carbocycles. The van der Waals surface area contributed by atoms with E-state index in [1.165, 1.54) is 15.9 Å². The zero-order chi connectivity index (χ0) is 20.4. The van der Waals surface area contributed by atoms with Crippen molar-refractivity contribution >= 4 is 28.9 Å². The summed E-state index contributed by atoms with van der Waals surface area (Å²) < 4.78 is 0. The van der Waals surface area contributed by atoms with Crippen LogP contribution in [0.25, 0.3) is 5.57 Å². The molecule has 7 nitrogen and oxygen atoms in total. The van der Waals surface area contributed by atoms with E-state index in [1.54, 1.807) is 19.2 Å². The van der Waals surface area contributed by atoms with Gasteiger partial charge in [0, 0.05) is 30.5 Å². The highest BCUT2D eigenvalue weighted by atomic mass is 35.5. The van der Waals surface area contributed by atoms with Crippen molar-refractivity contribution in [2.24, 2.45) is 7.05 Å². The van der Waals surface area contributed by atoms with Crippen LogP contribution in [0.1, 0.15) is 35.0 Å². The molecule has 0 aliphatic carbocycles. The number of benzene rings is 1. The Labute approximate surface area is 174 Å². The maximum atomic E-state index is 12.5. The fraction of sp³-hybridized carbons (Fsp3) is 0.286. The summed E-state index contributed by atoms with van der Waals surface area (Å²) in [5.74, 6) is 0.594. The molecule has 0 spiro atoms. The van der Waals surface area contributed by atoms with Crippen molar-refractivity contribution in [1.29, 1.82) is 0 Å². The van der Waals surface area contributed by atoms with Gasteiger partial charge < -0.3 is 4.90 Å². The number of pyridine rings is 1. The molecule has 3 heterocycles. The predicted octanol–water partition coefficient (Wildman–Crippen LogP) is 3.37. The van der Waals surface area contributed by atoms with E-state index in [4.69, 9.17) is 11.6 Å². The molecule has 1 aliphatic heterocycles. The Morgan fingerprint density at radius 1 is 1.21 bits per heavy atom. The van der Waals surface area contributed by atoms with E-state index in [9.17, 15) is 4.79 Å². The summed E-state index contributed by atoms with van der Waals surface area (Å²) in [5, 5.41) is 12.8. The molecule has 0 unspecified atom stereocenters. The molecule has 8 heteroatoms. The van der Waals surface area contributed by atoms with E-state index in [-0.39, 0.29) is 12.2 Å². The summed E-state index contributed by atoms with van der Waals surface area (Å²) in [7, 11) is 1.76. The van der Waals surface area contributed by atoms with E-state index in [1.807, 2.05) is 30.5 Å². The highest BCUT2D eigenvalue weighted by molar-refractivity contribution is 6.34. The summed E-state index contributed by atoms with van der Waals surface area (Å²) >= 11 is 6.13. The Morgan fingerprint density at radius 2 is 2.03 bits per heavy atom. The minimum absolute atomic E-state index is 0.0381. The molecule has 148 valence electrons. The molecule has 0 bridgehead atoms. The standard InChI is InChI=1S/C21H21ClN6O/c1-14-9-10-28(21-24-26-27(2)25-21)13-18(14)15-7-8-16(23-12-15)11-20(29)17-5-3-4-6-19(17)22/h3-8,12H,9-11,13H2,1-2H3. The molecule has 0 amide bonds. The lowest BCUT2D eigenvalue weighted by Crippen LogP contribution is -2.31. The Balaban J connectivity index is 1.49. The van der Waals surface area contributed by atoms with Crippen molar-refractivity contribution in [3.63, 3.8) is 0 Å². The molecule has 0 fully saturated rings. The summed E-state index contributed by atoms with van der Waals surface area (Å²) in [6.45, 7) is 3.71. The van der Waals surface area contributed by atoms with E-state index in [2.05, 4.69) is 32.2 Å². The maximum Gasteiger partial charge on any atom is 0.266 e. The van der Waals surface area contributed by atoms with Crippen molar-refractivity contribution in [3.8, 4) is 0 Å². The number of carbonyl (C=O) groups excluding carboxylic acids is 1. The fourth-order valence-electron chi connectivity index (χ4n) is 3.42. The van der Waals surface area contributed by atoms with Gasteiger partial charge in [-0.15, -0.1) is 5.10 Å². The maximum absolute atomic E-state index is 12.5. The van der Waals surface area contributed by atoms with Crippen LogP contribution in [-0.2, 0) is 13.5 Å². The molecule has 1 aliphatic rings. The van der Waals surface area contributed by atoms with Gasteiger partial charge in [-0.2, -0.15) is 4.80 Å². The first-order valence-electron chi connectivity index (χ1n) is 9.42. The van der Waals surface area contributed by atoms with E-state index in [0.29, 0.717) is 23.1 Å². The lowest BCUT2D eigenvalue weighted by atomic mass is 9.96. The van der Waals surface area contributed by atoms with E-state index < -0.39 is 0 Å². The molecular weight excluding hydrogens is 388 g/mol. The minimum atomic E-state index is -0.0381. The average molecular weight is 409 g/mol. The van der Waals surface area contributed by atoms with Crippen LogP contribution in [0.5, 0.6) is 0 Å². The average Bonchev–Trinajstić information content (AvgIpc) is 3.16. The van der Waals surface area contributed by atoms with Crippen molar-refractivity contribution < 1.29 is 4.79 Å². The molecule has 0 radical (unpaired) electrons. The molecule has 2 aromatic heterocycles. The number of hydrogen-bond donors (Lipinski definition) is 0. The Bertz CT molecular complexity index is 1070. The van der Waals surface area contributed by atoms with Crippen LogP contribution in [0, 0.1) is 0 Å². The molecule has 0 atom stereocenters. The summed E-state index contributed by atoms with van der Waals surface area (Å²) in [6, 6.07) is 11.0. The van der Waals surface area contributed by atoms with E-state index in [0.717, 1.165) is 24.2 Å². The number of rotatable bonds is 5. The van der Waals surface area contributed by atoms with Crippen molar-refractivity contribution in [2.75, 3.05) is 18.0 Å². The van der Waals surface area contributed by atoms with Gasteiger partial charge in [0.25, 0.3) is 5.95 Å². The summed E-state index contributed by atoms with van der Waals surface area (Å²) in [5.41, 5.74) is 4.83. The van der Waals surface area contributed by atoms with Gasteiger partial charge in [-0.05, 0) is 47.9 Å². The first-order valence-corrected chi connectivity index (χ1v) is 9.79. The van der Waals surface area contributed by atoms with Crippen LogP contribution in [0.15, 0.2) is 48.2 Å². The zero-order valence-corrected chi connectivity index (χ0v) is 17.1. The van der Waals surface area contributed by atoms with E-state index >= 15 is 0 Å². The minimum Gasteiger partial charge on any atom is -0.334 e. The Hall–Kier alpha value is -3.06. The second-order valence-electron chi connectivity index (χ2n) is 7.13. The topological polar surface area (TPSA) is 76.8 Å². The lowest BCUT2D eigenvalue weighted by Gasteiger charge is -2.28. The van der Waals surface area contributed by atoms with Crippen LogP contribution >= 0.6 is 11.6 Å². The van der Waals surface area contributed by atoms with Gasteiger partial charge in [0.05, 0.1) is 18.5 Å². The molecule has 0 saturated carbocycles. The van der Waals surface area contributed by atoms with Crippen LogP contribution in [-0.4, -0.2) is 44.1 Å². The third-order valence-electron chi connectivity index (χ3n) is 5.09. The van der Waals surface area contributed by atoms with Gasteiger partial charge in [-0.25, -0.2) is 0 Å². The number of halogens is 1. The smallest absolute Gasteiger partial charge is 0.266 e. The second kappa shape index (κ2) is 8.13. The number of aryl methyl sites for hydroxylation is 1. The third-order valence-corrected chi connectivity index (χ3v) is 5.42. The molecule has 29 heavy (non-hydrogen) atoms. The first-order chi connectivity index (χ1) is 14.0. The van der Waals surface area contributed by atoms with Crippen molar-refractivity contribution in [1.82, 2.24) is 25.2 Å². The molecule has 0 saturated heterocycles. The second-order valence-corrected chi connectivity index (χ2v) is 7.53. The number of hydrogen-bond acceptors (Lipinski definition) is 6. The van der Waals surface area contributed by atoms with Crippen molar-refractivity contribution in [3.05, 3.63) is 70.0 Å². The Morgan fingerprint density at radius 3 is 2.72 bits per heavy atom. The van der Waals surface area contributed by atoms with Crippen LogP contribution < -0.4 is 4.90 Å². The summed E-state index contributed by atoms with van der Waals surface area (Å²) in [4.78, 5) is 20.6. The van der Waals surface area contributed by atoms with Crippen LogP contribution in [0.4, 0.5) is 5.95 Å². The van der Waals surface area contributed by atoms with Gasteiger partial charge in [-0.1, -0.05) is 40.5 Å². The number of carbonyl (C=O) groups is 1. The lowest BCUT2D eigenvalue weighted by molar-refractivity contribution is 0.0992. The zero-order valence-electron chi connectivity index (χ0n) is 16.3.